The SMILES string of the molecule is CC(C)(C)OC(=O)N1CCCC([N+](=O)[O-])C1COC1CCN(C(=O)OCc2ccccc2)CC1. The monoisotopic (exact) mass is 477 g/mol. The first-order valence-electron chi connectivity index (χ1n) is 11.8. The molecule has 1 aromatic rings. The number of hydrogen-bond acceptors (Lipinski definition) is 7. The van der Waals surface area contributed by atoms with E-state index in [0.717, 1.165) is 5.56 Å². The summed E-state index contributed by atoms with van der Waals surface area (Å²) < 4.78 is 16.9. The van der Waals surface area contributed by atoms with E-state index < -0.39 is 23.8 Å². The maximum atomic E-state index is 12.7. The number of piperidine rings is 2. The Morgan fingerprint density at radius 1 is 1.06 bits per heavy atom. The average Bonchev–Trinajstić information content (AvgIpc) is 2.80. The van der Waals surface area contributed by atoms with Gasteiger partial charge in [0.15, 0.2) is 0 Å². The predicted octanol–water partition coefficient (Wildman–Crippen LogP) is 3.85. The van der Waals surface area contributed by atoms with E-state index in [1.807, 2.05) is 30.3 Å². The van der Waals surface area contributed by atoms with Gasteiger partial charge in [0.25, 0.3) is 0 Å². The Morgan fingerprint density at radius 2 is 1.74 bits per heavy atom. The van der Waals surface area contributed by atoms with E-state index in [2.05, 4.69) is 0 Å². The highest BCUT2D eigenvalue weighted by Gasteiger charge is 2.43. The van der Waals surface area contributed by atoms with Gasteiger partial charge in [0.05, 0.1) is 12.7 Å². The van der Waals surface area contributed by atoms with Crippen molar-refractivity contribution in [1.82, 2.24) is 9.80 Å². The zero-order chi connectivity index (χ0) is 24.7. The summed E-state index contributed by atoms with van der Waals surface area (Å²) in [6.45, 7) is 6.96. The van der Waals surface area contributed by atoms with Crippen molar-refractivity contribution in [1.29, 1.82) is 0 Å². The first kappa shape index (κ1) is 25.7. The third-order valence-electron chi connectivity index (χ3n) is 6.05. The van der Waals surface area contributed by atoms with Gasteiger partial charge in [-0.2, -0.15) is 0 Å². The second-order valence-electron chi connectivity index (χ2n) is 9.80. The van der Waals surface area contributed by atoms with E-state index in [1.54, 1.807) is 25.7 Å². The maximum absolute atomic E-state index is 12.7. The molecule has 1 aromatic carbocycles. The summed E-state index contributed by atoms with van der Waals surface area (Å²) >= 11 is 0. The van der Waals surface area contributed by atoms with Crippen LogP contribution in [-0.4, -0.2) is 76.9 Å². The predicted molar refractivity (Wildman–Crippen MR) is 124 cm³/mol. The summed E-state index contributed by atoms with van der Waals surface area (Å²) in [6.07, 6.45) is 1.08. The molecule has 3 rings (SSSR count). The van der Waals surface area contributed by atoms with Crippen molar-refractivity contribution in [2.24, 2.45) is 0 Å². The van der Waals surface area contributed by atoms with Crippen LogP contribution in [0.1, 0.15) is 52.0 Å². The minimum Gasteiger partial charge on any atom is -0.445 e. The summed E-state index contributed by atoms with van der Waals surface area (Å²) in [4.78, 5) is 39.5. The summed E-state index contributed by atoms with van der Waals surface area (Å²) in [5.41, 5.74) is 0.239. The smallest absolute Gasteiger partial charge is 0.410 e. The Morgan fingerprint density at radius 3 is 2.35 bits per heavy atom. The number of amides is 2. The minimum absolute atomic E-state index is 0.0635. The normalized spacial score (nSPS) is 21.7. The van der Waals surface area contributed by atoms with Gasteiger partial charge < -0.3 is 19.1 Å². The number of carbonyl (C=O) groups is 2. The summed E-state index contributed by atoms with van der Waals surface area (Å²) in [5, 5.41) is 11.7. The van der Waals surface area contributed by atoms with Gasteiger partial charge in [0, 0.05) is 31.0 Å². The van der Waals surface area contributed by atoms with Crippen molar-refractivity contribution >= 4 is 12.2 Å². The standard InChI is InChI=1S/C24H35N3O7/c1-24(2,3)34-23(29)26-13-7-10-20(27(30)31)21(26)17-32-19-11-14-25(15-12-19)22(28)33-16-18-8-5-4-6-9-18/h4-6,8-9,19-21H,7,10-17H2,1-3H3. The second-order valence-corrected chi connectivity index (χ2v) is 9.80. The summed E-state index contributed by atoms with van der Waals surface area (Å²) in [6, 6.07) is 7.91. The molecule has 2 saturated heterocycles. The van der Waals surface area contributed by atoms with Gasteiger partial charge in [-0.15, -0.1) is 0 Å². The van der Waals surface area contributed by atoms with Crippen molar-refractivity contribution < 1.29 is 28.7 Å². The molecule has 2 aliphatic rings. The van der Waals surface area contributed by atoms with Gasteiger partial charge in [-0.1, -0.05) is 30.3 Å². The van der Waals surface area contributed by atoms with Crippen LogP contribution in [-0.2, 0) is 20.8 Å². The molecule has 2 fully saturated rings. The van der Waals surface area contributed by atoms with Crippen LogP contribution in [0.3, 0.4) is 0 Å². The van der Waals surface area contributed by atoms with Crippen molar-refractivity contribution in [3.8, 4) is 0 Å². The molecule has 0 aliphatic carbocycles. The Bertz CT molecular complexity index is 835. The van der Waals surface area contributed by atoms with E-state index in [0.29, 0.717) is 45.3 Å². The molecule has 2 unspecified atom stereocenters. The number of rotatable bonds is 6. The van der Waals surface area contributed by atoms with Crippen LogP contribution >= 0.6 is 0 Å². The zero-order valence-electron chi connectivity index (χ0n) is 20.2. The largest absolute Gasteiger partial charge is 0.445 e. The molecule has 10 nitrogen and oxygen atoms in total. The van der Waals surface area contributed by atoms with Crippen LogP contribution in [0, 0.1) is 10.1 Å². The van der Waals surface area contributed by atoms with Gasteiger partial charge >= 0.3 is 12.2 Å². The Balaban J connectivity index is 1.50. The topological polar surface area (TPSA) is 111 Å². The van der Waals surface area contributed by atoms with E-state index in [1.165, 1.54) is 4.90 Å². The Kier molecular flexibility index (Phi) is 8.71. The third kappa shape index (κ3) is 7.31. The van der Waals surface area contributed by atoms with Crippen molar-refractivity contribution in [3.05, 3.63) is 46.0 Å². The van der Waals surface area contributed by atoms with Gasteiger partial charge in [0.2, 0.25) is 6.04 Å². The molecule has 2 heterocycles. The zero-order valence-corrected chi connectivity index (χ0v) is 20.2. The molecular weight excluding hydrogens is 442 g/mol. The first-order chi connectivity index (χ1) is 16.1. The van der Waals surface area contributed by atoms with Crippen LogP contribution in [0.4, 0.5) is 9.59 Å². The number of likely N-dealkylation sites (tertiary alicyclic amines) is 2. The summed E-state index contributed by atoms with van der Waals surface area (Å²) in [5.74, 6) is 0. The quantitative estimate of drug-likeness (QED) is 0.452. The number of ether oxygens (including phenoxy) is 3. The highest BCUT2D eigenvalue weighted by molar-refractivity contribution is 5.69. The van der Waals surface area contributed by atoms with Crippen LogP contribution in [0.5, 0.6) is 0 Å². The molecule has 2 amide bonds. The molecule has 0 spiro atoms. The van der Waals surface area contributed by atoms with E-state index in [4.69, 9.17) is 14.2 Å². The Hall–Kier alpha value is -2.88. The number of benzene rings is 1. The van der Waals surface area contributed by atoms with Crippen molar-refractivity contribution in [2.45, 2.75) is 76.9 Å². The highest BCUT2D eigenvalue weighted by atomic mass is 16.6. The molecule has 2 atom stereocenters. The average molecular weight is 478 g/mol. The van der Waals surface area contributed by atoms with E-state index >= 15 is 0 Å². The van der Waals surface area contributed by atoms with Crippen molar-refractivity contribution in [2.75, 3.05) is 26.2 Å². The molecule has 0 saturated carbocycles. The first-order valence-corrected chi connectivity index (χ1v) is 11.8. The fraction of sp³-hybridized carbons (Fsp3) is 0.667. The van der Waals surface area contributed by atoms with Gasteiger partial charge in [0.1, 0.15) is 18.2 Å². The van der Waals surface area contributed by atoms with Crippen molar-refractivity contribution in [3.63, 3.8) is 0 Å². The fourth-order valence-corrected chi connectivity index (χ4v) is 4.28. The lowest BCUT2D eigenvalue weighted by atomic mass is 9.97. The maximum Gasteiger partial charge on any atom is 0.410 e. The second kappa shape index (κ2) is 11.5. The lowest BCUT2D eigenvalue weighted by molar-refractivity contribution is -0.534. The lowest BCUT2D eigenvalue weighted by Crippen LogP contribution is -2.57. The van der Waals surface area contributed by atoms with E-state index in [9.17, 15) is 19.7 Å². The molecule has 0 N–H and O–H groups in total. The molecule has 34 heavy (non-hydrogen) atoms. The van der Waals surface area contributed by atoms with Gasteiger partial charge in [-0.3, -0.25) is 15.0 Å². The number of nitro groups is 1. The van der Waals surface area contributed by atoms with Crippen LogP contribution in [0.15, 0.2) is 30.3 Å². The fourth-order valence-electron chi connectivity index (χ4n) is 4.28. The van der Waals surface area contributed by atoms with Crippen LogP contribution in [0.25, 0.3) is 0 Å². The minimum atomic E-state index is -0.894. The summed E-state index contributed by atoms with van der Waals surface area (Å²) in [7, 11) is 0. The number of carbonyl (C=O) groups excluding carboxylic acids is 2. The van der Waals surface area contributed by atoms with Gasteiger partial charge in [-0.05, 0) is 45.6 Å². The van der Waals surface area contributed by atoms with Crippen LogP contribution in [0.2, 0.25) is 0 Å². The molecule has 188 valence electrons. The molecule has 0 radical (unpaired) electrons. The number of hydrogen-bond donors (Lipinski definition) is 0. The molecular formula is C24H35N3O7. The molecule has 0 aromatic heterocycles. The molecule has 10 heteroatoms. The molecule has 0 bridgehead atoms. The number of nitrogens with zero attached hydrogens (tertiary/aromatic N) is 3. The van der Waals surface area contributed by atoms with Crippen LogP contribution < -0.4 is 0 Å². The molecule has 2 aliphatic heterocycles. The highest BCUT2D eigenvalue weighted by Crippen LogP contribution is 2.25. The Labute approximate surface area is 200 Å². The lowest BCUT2D eigenvalue weighted by Gasteiger charge is -2.39. The third-order valence-corrected chi connectivity index (χ3v) is 6.05. The van der Waals surface area contributed by atoms with Gasteiger partial charge in [-0.25, -0.2) is 9.59 Å². The van der Waals surface area contributed by atoms with E-state index in [-0.39, 0.29) is 30.3 Å².